The van der Waals surface area contributed by atoms with Gasteiger partial charge in [-0.1, -0.05) is 6.42 Å². The monoisotopic (exact) mass is 227 g/mol. The van der Waals surface area contributed by atoms with Gasteiger partial charge in [-0.3, -0.25) is 4.79 Å². The summed E-state index contributed by atoms with van der Waals surface area (Å²) in [7, 11) is 4.01. The van der Waals surface area contributed by atoms with Gasteiger partial charge in [0.15, 0.2) is 0 Å². The molecule has 94 valence electrons. The van der Waals surface area contributed by atoms with E-state index in [1.165, 1.54) is 0 Å². The van der Waals surface area contributed by atoms with Crippen LogP contribution in [0.3, 0.4) is 0 Å². The Balaban J connectivity index is 2.51. The van der Waals surface area contributed by atoms with E-state index in [0.29, 0.717) is 0 Å². The standard InChI is InChI=1S/C12H25N3O/c1-9(8-15(3)4)14-11(16)12(2)7-5-6-10(12)13/h9-10H,5-8,13H2,1-4H3,(H,14,16). The Bertz CT molecular complexity index is 255. The van der Waals surface area contributed by atoms with Gasteiger partial charge in [0.05, 0.1) is 5.41 Å². The van der Waals surface area contributed by atoms with Crippen LogP contribution in [0.2, 0.25) is 0 Å². The Hall–Kier alpha value is -0.610. The molecule has 4 nitrogen and oxygen atoms in total. The number of nitrogens with zero attached hydrogens (tertiary/aromatic N) is 1. The number of hydrogen-bond acceptors (Lipinski definition) is 3. The minimum Gasteiger partial charge on any atom is -0.352 e. The summed E-state index contributed by atoms with van der Waals surface area (Å²) in [5, 5.41) is 3.06. The highest BCUT2D eigenvalue weighted by Gasteiger charge is 2.43. The molecule has 3 atom stereocenters. The second kappa shape index (κ2) is 5.15. The highest BCUT2D eigenvalue weighted by atomic mass is 16.2. The minimum atomic E-state index is -0.361. The molecule has 3 unspecified atom stereocenters. The van der Waals surface area contributed by atoms with Crippen LogP contribution in [0.15, 0.2) is 0 Å². The molecule has 1 rings (SSSR count). The van der Waals surface area contributed by atoms with Gasteiger partial charge in [0.1, 0.15) is 0 Å². The number of nitrogens with two attached hydrogens (primary N) is 1. The number of rotatable bonds is 4. The van der Waals surface area contributed by atoms with Crippen molar-refractivity contribution in [3.05, 3.63) is 0 Å². The fourth-order valence-corrected chi connectivity index (χ4v) is 2.46. The Kier molecular flexibility index (Phi) is 4.33. The SMILES string of the molecule is CC(CN(C)C)NC(=O)C1(C)CCCC1N. The van der Waals surface area contributed by atoms with Gasteiger partial charge in [0.25, 0.3) is 0 Å². The molecule has 1 saturated carbocycles. The van der Waals surface area contributed by atoms with Gasteiger partial charge in [0, 0.05) is 18.6 Å². The normalized spacial score (nSPS) is 31.8. The fraction of sp³-hybridized carbons (Fsp3) is 0.917. The van der Waals surface area contributed by atoms with Crippen molar-refractivity contribution in [2.45, 2.75) is 45.2 Å². The first-order valence-electron chi connectivity index (χ1n) is 6.07. The van der Waals surface area contributed by atoms with E-state index in [1.807, 2.05) is 27.9 Å². The van der Waals surface area contributed by atoms with Crippen molar-refractivity contribution in [1.29, 1.82) is 0 Å². The quantitative estimate of drug-likeness (QED) is 0.738. The smallest absolute Gasteiger partial charge is 0.227 e. The topological polar surface area (TPSA) is 58.4 Å². The average molecular weight is 227 g/mol. The Morgan fingerprint density at radius 3 is 2.69 bits per heavy atom. The number of carbonyl (C=O) groups excluding carboxylic acids is 1. The van der Waals surface area contributed by atoms with Crippen LogP contribution in [-0.4, -0.2) is 43.5 Å². The number of nitrogens with one attached hydrogen (secondary N) is 1. The highest BCUT2D eigenvalue weighted by molar-refractivity contribution is 5.83. The van der Waals surface area contributed by atoms with Crippen LogP contribution in [0.1, 0.15) is 33.1 Å². The lowest BCUT2D eigenvalue weighted by Gasteiger charge is -2.30. The highest BCUT2D eigenvalue weighted by Crippen LogP contribution is 2.36. The molecule has 1 fully saturated rings. The van der Waals surface area contributed by atoms with Crippen LogP contribution in [0.4, 0.5) is 0 Å². The number of hydrogen-bond donors (Lipinski definition) is 2. The van der Waals surface area contributed by atoms with Crippen molar-refractivity contribution in [2.24, 2.45) is 11.1 Å². The van der Waals surface area contributed by atoms with Gasteiger partial charge < -0.3 is 16.0 Å². The van der Waals surface area contributed by atoms with Crippen molar-refractivity contribution in [3.63, 3.8) is 0 Å². The summed E-state index contributed by atoms with van der Waals surface area (Å²) in [6.07, 6.45) is 2.94. The lowest BCUT2D eigenvalue weighted by atomic mass is 9.84. The molecule has 1 amide bonds. The van der Waals surface area contributed by atoms with E-state index in [9.17, 15) is 4.79 Å². The van der Waals surface area contributed by atoms with E-state index >= 15 is 0 Å². The average Bonchev–Trinajstić information content (AvgIpc) is 2.46. The Morgan fingerprint density at radius 2 is 2.25 bits per heavy atom. The van der Waals surface area contributed by atoms with Crippen LogP contribution in [0, 0.1) is 5.41 Å². The molecular formula is C12H25N3O. The van der Waals surface area contributed by atoms with Crippen molar-refractivity contribution in [2.75, 3.05) is 20.6 Å². The zero-order valence-corrected chi connectivity index (χ0v) is 10.9. The van der Waals surface area contributed by atoms with Crippen LogP contribution < -0.4 is 11.1 Å². The van der Waals surface area contributed by atoms with Crippen LogP contribution in [0.5, 0.6) is 0 Å². The maximum Gasteiger partial charge on any atom is 0.227 e. The molecule has 1 aliphatic carbocycles. The molecule has 1 aliphatic rings. The molecule has 0 aromatic heterocycles. The van der Waals surface area contributed by atoms with Gasteiger partial charge in [-0.15, -0.1) is 0 Å². The summed E-state index contributed by atoms with van der Waals surface area (Å²) in [4.78, 5) is 14.2. The molecular weight excluding hydrogens is 202 g/mol. The lowest BCUT2D eigenvalue weighted by molar-refractivity contribution is -0.131. The first-order valence-corrected chi connectivity index (χ1v) is 6.07. The largest absolute Gasteiger partial charge is 0.352 e. The summed E-state index contributed by atoms with van der Waals surface area (Å²) in [6.45, 7) is 4.88. The minimum absolute atomic E-state index is 0.0130. The molecule has 0 radical (unpaired) electrons. The molecule has 0 saturated heterocycles. The third kappa shape index (κ3) is 2.95. The summed E-state index contributed by atoms with van der Waals surface area (Å²) in [5.74, 6) is 0.117. The fourth-order valence-electron chi connectivity index (χ4n) is 2.46. The van der Waals surface area contributed by atoms with Gasteiger partial charge in [-0.25, -0.2) is 0 Å². The summed E-state index contributed by atoms with van der Waals surface area (Å²) in [6, 6.07) is 0.186. The molecule has 0 aliphatic heterocycles. The Labute approximate surface area is 98.6 Å². The van der Waals surface area contributed by atoms with Gasteiger partial charge in [-0.2, -0.15) is 0 Å². The molecule has 3 N–H and O–H groups in total. The van der Waals surface area contributed by atoms with Crippen LogP contribution in [-0.2, 0) is 4.79 Å². The van der Waals surface area contributed by atoms with E-state index < -0.39 is 0 Å². The van der Waals surface area contributed by atoms with Crippen molar-refractivity contribution >= 4 is 5.91 Å². The molecule has 0 aromatic rings. The molecule has 0 heterocycles. The molecule has 4 heteroatoms. The third-order valence-electron chi connectivity index (χ3n) is 3.56. The Morgan fingerprint density at radius 1 is 1.62 bits per heavy atom. The molecule has 0 aromatic carbocycles. The van der Waals surface area contributed by atoms with Crippen molar-refractivity contribution < 1.29 is 4.79 Å². The van der Waals surface area contributed by atoms with E-state index in [1.54, 1.807) is 0 Å². The summed E-state index contributed by atoms with van der Waals surface area (Å²) < 4.78 is 0. The zero-order valence-electron chi connectivity index (χ0n) is 10.9. The van der Waals surface area contributed by atoms with Gasteiger partial charge >= 0.3 is 0 Å². The predicted octanol–water partition coefficient (Wildman–Crippen LogP) is 0.570. The van der Waals surface area contributed by atoms with Gasteiger partial charge in [0.2, 0.25) is 5.91 Å². The maximum absolute atomic E-state index is 12.2. The van der Waals surface area contributed by atoms with Crippen molar-refractivity contribution in [1.82, 2.24) is 10.2 Å². The summed E-state index contributed by atoms with van der Waals surface area (Å²) >= 11 is 0. The predicted molar refractivity (Wildman–Crippen MR) is 66.1 cm³/mol. The van der Waals surface area contributed by atoms with E-state index in [0.717, 1.165) is 25.8 Å². The van der Waals surface area contributed by atoms with Crippen molar-refractivity contribution in [3.8, 4) is 0 Å². The number of amides is 1. The van der Waals surface area contributed by atoms with E-state index in [4.69, 9.17) is 5.73 Å². The molecule has 16 heavy (non-hydrogen) atoms. The molecule has 0 spiro atoms. The van der Waals surface area contributed by atoms with Crippen LogP contribution >= 0.6 is 0 Å². The third-order valence-corrected chi connectivity index (χ3v) is 3.56. The zero-order chi connectivity index (χ0) is 12.3. The maximum atomic E-state index is 12.2. The van der Waals surface area contributed by atoms with Crippen LogP contribution in [0.25, 0.3) is 0 Å². The van der Waals surface area contributed by atoms with E-state index in [-0.39, 0.29) is 23.4 Å². The first-order chi connectivity index (χ1) is 7.36. The number of likely N-dealkylation sites (N-methyl/N-ethyl adjacent to an activating group) is 1. The number of carbonyl (C=O) groups is 1. The second-order valence-corrected chi connectivity index (χ2v) is 5.55. The first kappa shape index (κ1) is 13.5. The lowest BCUT2D eigenvalue weighted by Crippen LogP contribution is -2.51. The molecule has 0 bridgehead atoms. The van der Waals surface area contributed by atoms with E-state index in [2.05, 4.69) is 10.2 Å². The van der Waals surface area contributed by atoms with Gasteiger partial charge in [-0.05, 0) is 40.8 Å². The second-order valence-electron chi connectivity index (χ2n) is 5.55. The summed E-state index contributed by atoms with van der Waals surface area (Å²) in [5.41, 5.74) is 5.66.